The maximum absolute atomic E-state index is 12.4. The van der Waals surface area contributed by atoms with Crippen molar-refractivity contribution in [3.8, 4) is 0 Å². The van der Waals surface area contributed by atoms with Gasteiger partial charge in [-0.2, -0.15) is 0 Å². The lowest BCUT2D eigenvalue weighted by Crippen LogP contribution is -2.15. The average molecular weight is 467 g/mol. The molecule has 0 spiro atoms. The third-order valence-corrected chi connectivity index (χ3v) is 7.77. The summed E-state index contributed by atoms with van der Waals surface area (Å²) in [6.45, 7) is 3.95. The number of benzene rings is 2. The standard InChI is InChI=1S/C21H18N6OS3/c1-12-17(22-13(2)30-12)10-20(28)23-14-7-8-16-19(9-14)31-21(24-16)29-11-27-18-6-4-3-5-15(18)25-26-27/h3-9H,10-11H2,1-2H3,(H,23,28). The number of nitrogens with zero attached hydrogens (tertiary/aromatic N) is 5. The molecule has 7 nitrogen and oxygen atoms in total. The van der Waals surface area contributed by atoms with Gasteiger partial charge in [0.05, 0.1) is 38.7 Å². The molecule has 31 heavy (non-hydrogen) atoms. The van der Waals surface area contributed by atoms with Crippen LogP contribution in [0.2, 0.25) is 0 Å². The first-order valence-corrected chi connectivity index (χ1v) is 12.2. The maximum Gasteiger partial charge on any atom is 0.230 e. The summed E-state index contributed by atoms with van der Waals surface area (Å²) >= 11 is 4.84. The number of amides is 1. The Labute approximate surface area is 190 Å². The van der Waals surface area contributed by atoms with E-state index in [-0.39, 0.29) is 12.3 Å². The van der Waals surface area contributed by atoms with Crippen molar-refractivity contribution in [1.29, 1.82) is 0 Å². The molecule has 0 saturated heterocycles. The highest BCUT2D eigenvalue weighted by atomic mass is 32.2. The van der Waals surface area contributed by atoms with E-state index in [4.69, 9.17) is 4.98 Å². The van der Waals surface area contributed by atoms with E-state index in [1.165, 1.54) is 0 Å². The van der Waals surface area contributed by atoms with E-state index in [0.717, 1.165) is 46.9 Å². The summed E-state index contributed by atoms with van der Waals surface area (Å²) in [5, 5.41) is 12.4. The number of aromatic nitrogens is 5. The molecule has 0 saturated carbocycles. The second kappa shape index (κ2) is 8.37. The fourth-order valence-corrected chi connectivity index (χ4v) is 6.09. The van der Waals surface area contributed by atoms with Crippen LogP contribution in [0.5, 0.6) is 0 Å². The van der Waals surface area contributed by atoms with Gasteiger partial charge in [-0.25, -0.2) is 14.6 Å². The number of fused-ring (bicyclic) bond motifs is 2. The summed E-state index contributed by atoms with van der Waals surface area (Å²) in [7, 11) is 0. The minimum absolute atomic E-state index is 0.0649. The topological polar surface area (TPSA) is 85.6 Å². The van der Waals surface area contributed by atoms with Gasteiger partial charge in [0, 0.05) is 10.6 Å². The molecular weight excluding hydrogens is 448 g/mol. The first-order valence-electron chi connectivity index (χ1n) is 9.59. The minimum atomic E-state index is -0.0649. The second-order valence-corrected chi connectivity index (χ2v) is 10.6. The highest BCUT2D eigenvalue weighted by Gasteiger charge is 2.12. The number of thiazole rings is 2. The number of thioether (sulfide) groups is 1. The third-order valence-electron chi connectivity index (χ3n) is 4.71. The SMILES string of the molecule is Cc1nc(CC(=O)Nc2ccc3nc(SCn4nnc5ccccc54)sc3c2)c(C)s1. The molecule has 0 radical (unpaired) electrons. The fraction of sp³-hybridized carbons (Fsp3) is 0.190. The second-order valence-electron chi connectivity index (χ2n) is 6.97. The highest BCUT2D eigenvalue weighted by molar-refractivity contribution is 8.00. The lowest BCUT2D eigenvalue weighted by molar-refractivity contribution is -0.115. The monoisotopic (exact) mass is 466 g/mol. The maximum atomic E-state index is 12.4. The molecule has 5 aromatic rings. The van der Waals surface area contributed by atoms with E-state index >= 15 is 0 Å². The van der Waals surface area contributed by atoms with Crippen LogP contribution in [-0.4, -0.2) is 30.9 Å². The molecule has 156 valence electrons. The lowest BCUT2D eigenvalue weighted by atomic mass is 10.2. The summed E-state index contributed by atoms with van der Waals surface area (Å²) in [6, 6.07) is 13.7. The summed E-state index contributed by atoms with van der Waals surface area (Å²) in [5.74, 6) is 0.570. The van der Waals surface area contributed by atoms with Crippen LogP contribution in [0.3, 0.4) is 0 Å². The van der Waals surface area contributed by atoms with E-state index in [2.05, 4.69) is 20.6 Å². The third kappa shape index (κ3) is 4.32. The number of carbonyl (C=O) groups excluding carboxylic acids is 1. The number of para-hydroxylation sites is 1. The van der Waals surface area contributed by atoms with Gasteiger partial charge >= 0.3 is 0 Å². The molecule has 0 atom stereocenters. The van der Waals surface area contributed by atoms with E-state index < -0.39 is 0 Å². The average Bonchev–Trinajstić information content (AvgIpc) is 3.42. The van der Waals surface area contributed by atoms with Gasteiger partial charge in [-0.15, -0.1) is 27.8 Å². The van der Waals surface area contributed by atoms with Crippen molar-refractivity contribution in [2.24, 2.45) is 0 Å². The Morgan fingerprint density at radius 1 is 1.10 bits per heavy atom. The van der Waals surface area contributed by atoms with Crippen molar-refractivity contribution >= 4 is 67.3 Å². The Balaban J connectivity index is 1.27. The van der Waals surface area contributed by atoms with Crippen LogP contribution < -0.4 is 5.32 Å². The molecule has 0 aliphatic rings. The predicted octanol–water partition coefficient (Wildman–Crippen LogP) is 5.05. The molecule has 0 aliphatic heterocycles. The number of anilines is 1. The van der Waals surface area contributed by atoms with Gasteiger partial charge in [-0.1, -0.05) is 29.1 Å². The van der Waals surface area contributed by atoms with Crippen molar-refractivity contribution in [3.63, 3.8) is 0 Å². The smallest absolute Gasteiger partial charge is 0.230 e. The predicted molar refractivity (Wildman–Crippen MR) is 127 cm³/mol. The van der Waals surface area contributed by atoms with E-state index in [0.29, 0.717) is 5.88 Å². The van der Waals surface area contributed by atoms with Gasteiger partial charge in [0.1, 0.15) is 5.52 Å². The van der Waals surface area contributed by atoms with E-state index in [1.54, 1.807) is 34.4 Å². The van der Waals surface area contributed by atoms with E-state index in [9.17, 15) is 4.79 Å². The number of hydrogen-bond donors (Lipinski definition) is 1. The van der Waals surface area contributed by atoms with Crippen LogP contribution in [0, 0.1) is 13.8 Å². The molecule has 1 N–H and O–H groups in total. The number of hydrogen-bond acceptors (Lipinski definition) is 8. The number of rotatable bonds is 6. The van der Waals surface area contributed by atoms with Gasteiger partial charge in [-0.05, 0) is 44.2 Å². The zero-order chi connectivity index (χ0) is 21.4. The number of nitrogens with one attached hydrogen (secondary N) is 1. The normalized spacial score (nSPS) is 11.4. The van der Waals surface area contributed by atoms with Gasteiger partial charge in [0.2, 0.25) is 5.91 Å². The Morgan fingerprint density at radius 3 is 2.81 bits per heavy atom. The summed E-state index contributed by atoms with van der Waals surface area (Å²) in [5.41, 5.74) is 4.42. The molecule has 10 heteroatoms. The molecule has 2 aromatic carbocycles. The first-order chi connectivity index (χ1) is 15.0. The molecule has 3 aromatic heterocycles. The molecule has 0 bridgehead atoms. The van der Waals surface area contributed by atoms with Crippen LogP contribution >= 0.6 is 34.4 Å². The van der Waals surface area contributed by atoms with Gasteiger partial charge in [-0.3, -0.25) is 4.79 Å². The lowest BCUT2D eigenvalue weighted by Gasteiger charge is -2.04. The van der Waals surface area contributed by atoms with Crippen LogP contribution in [0.1, 0.15) is 15.6 Å². The van der Waals surface area contributed by atoms with Crippen molar-refractivity contribution in [2.45, 2.75) is 30.5 Å². The zero-order valence-electron chi connectivity index (χ0n) is 16.8. The molecular formula is C21H18N6OS3. The zero-order valence-corrected chi connectivity index (χ0v) is 19.3. The molecule has 0 aliphatic carbocycles. The molecule has 5 rings (SSSR count). The highest BCUT2D eigenvalue weighted by Crippen LogP contribution is 2.32. The van der Waals surface area contributed by atoms with Gasteiger partial charge < -0.3 is 5.32 Å². The van der Waals surface area contributed by atoms with Crippen molar-refractivity contribution in [1.82, 2.24) is 25.0 Å². The van der Waals surface area contributed by atoms with Crippen LogP contribution in [0.15, 0.2) is 46.8 Å². The summed E-state index contributed by atoms with van der Waals surface area (Å²) in [4.78, 5) is 22.7. The van der Waals surface area contributed by atoms with Crippen molar-refractivity contribution in [3.05, 3.63) is 58.0 Å². The van der Waals surface area contributed by atoms with Crippen molar-refractivity contribution < 1.29 is 4.79 Å². The van der Waals surface area contributed by atoms with Crippen LogP contribution in [0.4, 0.5) is 5.69 Å². The van der Waals surface area contributed by atoms with E-state index in [1.807, 2.05) is 61.0 Å². The molecule has 0 fully saturated rings. The van der Waals surface area contributed by atoms with Gasteiger partial charge in [0.15, 0.2) is 4.34 Å². The minimum Gasteiger partial charge on any atom is -0.326 e. The first kappa shape index (κ1) is 20.1. The molecule has 3 heterocycles. The van der Waals surface area contributed by atoms with Gasteiger partial charge in [0.25, 0.3) is 0 Å². The quantitative estimate of drug-likeness (QED) is 0.353. The van der Waals surface area contributed by atoms with Crippen LogP contribution in [-0.2, 0) is 17.1 Å². The molecule has 1 amide bonds. The number of aryl methyl sites for hydroxylation is 2. The fourth-order valence-electron chi connectivity index (χ4n) is 3.27. The number of carbonyl (C=O) groups is 1. The largest absolute Gasteiger partial charge is 0.326 e. The Bertz CT molecular complexity index is 1400. The van der Waals surface area contributed by atoms with Crippen molar-refractivity contribution in [2.75, 3.05) is 5.32 Å². The Morgan fingerprint density at radius 2 is 1.97 bits per heavy atom. The summed E-state index contributed by atoms with van der Waals surface area (Å²) < 4.78 is 3.86. The molecule has 0 unspecified atom stereocenters. The Hall–Kier alpha value is -2.82. The Kier molecular flexibility index (Phi) is 5.43. The van der Waals surface area contributed by atoms with Crippen LogP contribution in [0.25, 0.3) is 21.3 Å². The summed E-state index contributed by atoms with van der Waals surface area (Å²) in [6.07, 6.45) is 0.282.